The van der Waals surface area contributed by atoms with Gasteiger partial charge in [-0.1, -0.05) is 77.1 Å². The number of rotatable bonds is 6. The molecule has 0 saturated carbocycles. The van der Waals surface area contributed by atoms with Crippen LogP contribution in [0.4, 0.5) is 14.6 Å². The minimum absolute atomic E-state index is 0.208. The third-order valence-electron chi connectivity index (χ3n) is 5.28. The number of anilines is 1. The number of nitrogens with zero attached hydrogens (tertiary/aromatic N) is 6. The van der Waals surface area contributed by atoms with Gasteiger partial charge in [0.25, 0.3) is 5.92 Å². The number of fused-ring (bicyclic) bond motifs is 1. The van der Waals surface area contributed by atoms with Gasteiger partial charge in [0.2, 0.25) is 0 Å². The van der Waals surface area contributed by atoms with Crippen LogP contribution in [0.2, 0.25) is 5.02 Å². The lowest BCUT2D eigenvalue weighted by Crippen LogP contribution is -2.26. The monoisotopic (exact) mass is 472 g/mol. The van der Waals surface area contributed by atoms with Gasteiger partial charge in [-0.3, -0.25) is 0 Å². The quantitative estimate of drug-likeness (QED) is 0.289. The molecule has 6 nitrogen and oxygen atoms in total. The third kappa shape index (κ3) is 4.40. The van der Waals surface area contributed by atoms with Gasteiger partial charge in [0.1, 0.15) is 0 Å². The molecular formula is C22H19ClF2N6S. The van der Waals surface area contributed by atoms with Crippen molar-refractivity contribution in [2.45, 2.75) is 29.8 Å². The van der Waals surface area contributed by atoms with Crippen LogP contribution in [-0.2, 0) is 12.3 Å². The molecule has 0 amide bonds. The molecule has 2 aromatic heterocycles. The van der Waals surface area contributed by atoms with Gasteiger partial charge in [0, 0.05) is 23.7 Å². The summed E-state index contributed by atoms with van der Waals surface area (Å²) in [7, 11) is 0. The second-order valence-corrected chi connectivity index (χ2v) is 8.99. The summed E-state index contributed by atoms with van der Waals surface area (Å²) in [6.45, 7) is 0.185. The molecule has 10 heteroatoms. The van der Waals surface area contributed by atoms with Crippen molar-refractivity contribution >= 4 is 40.3 Å². The Morgan fingerprint density at radius 3 is 2.56 bits per heavy atom. The van der Waals surface area contributed by atoms with Gasteiger partial charge in [0.15, 0.2) is 22.1 Å². The van der Waals surface area contributed by atoms with Crippen LogP contribution < -0.4 is 4.90 Å². The summed E-state index contributed by atoms with van der Waals surface area (Å²) >= 11 is 7.77. The molecule has 5 rings (SSSR count). The Bertz CT molecular complexity index is 1250. The first kappa shape index (κ1) is 21.1. The number of aromatic nitrogens is 5. The molecule has 1 fully saturated rings. The molecule has 1 saturated heterocycles. The summed E-state index contributed by atoms with van der Waals surface area (Å²) in [6, 6.07) is 17.4. The molecule has 0 atom stereocenters. The average molecular weight is 473 g/mol. The summed E-state index contributed by atoms with van der Waals surface area (Å²) in [6.07, 6.45) is -0.210. The van der Waals surface area contributed by atoms with Crippen LogP contribution in [0.1, 0.15) is 17.5 Å². The average Bonchev–Trinajstić information content (AvgIpc) is 3.37. The number of halogens is 3. The van der Waals surface area contributed by atoms with Gasteiger partial charge >= 0.3 is 0 Å². The smallest absolute Gasteiger partial charge is 0.266 e. The fraction of sp³-hybridized carbons (Fsp3) is 0.273. The number of benzene rings is 2. The number of thioether (sulfide) groups is 1. The van der Waals surface area contributed by atoms with Crippen molar-refractivity contribution in [3.05, 3.63) is 70.7 Å². The zero-order valence-corrected chi connectivity index (χ0v) is 18.5. The molecule has 0 aliphatic carbocycles. The van der Waals surface area contributed by atoms with Crippen molar-refractivity contribution in [2.75, 3.05) is 18.0 Å². The third-order valence-corrected chi connectivity index (χ3v) is 6.57. The summed E-state index contributed by atoms with van der Waals surface area (Å²) in [5.41, 5.74) is 2.91. The van der Waals surface area contributed by atoms with Gasteiger partial charge in [-0.15, -0.1) is 5.10 Å². The maximum atomic E-state index is 13.9. The molecule has 2 aromatic carbocycles. The van der Waals surface area contributed by atoms with E-state index in [0.29, 0.717) is 39.5 Å². The summed E-state index contributed by atoms with van der Waals surface area (Å²) < 4.78 is 29.5. The van der Waals surface area contributed by atoms with E-state index in [9.17, 15) is 8.78 Å². The molecule has 0 unspecified atom stereocenters. The van der Waals surface area contributed by atoms with Crippen LogP contribution in [0.25, 0.3) is 11.2 Å². The van der Waals surface area contributed by atoms with Gasteiger partial charge in [-0.25, -0.2) is 23.4 Å². The van der Waals surface area contributed by atoms with Crippen LogP contribution in [0.15, 0.2) is 59.8 Å². The Labute approximate surface area is 192 Å². The molecule has 0 bridgehead atoms. The molecule has 0 radical (unpaired) electrons. The lowest BCUT2D eigenvalue weighted by Gasteiger charge is -2.17. The van der Waals surface area contributed by atoms with Crippen molar-refractivity contribution in [3.63, 3.8) is 0 Å². The largest absolute Gasteiger partial charge is 0.348 e. The maximum absolute atomic E-state index is 13.9. The van der Waals surface area contributed by atoms with E-state index in [1.807, 2.05) is 54.6 Å². The zero-order valence-electron chi connectivity index (χ0n) is 17.0. The van der Waals surface area contributed by atoms with Crippen molar-refractivity contribution < 1.29 is 8.78 Å². The van der Waals surface area contributed by atoms with E-state index in [0.717, 1.165) is 11.1 Å². The van der Waals surface area contributed by atoms with E-state index in [1.54, 1.807) is 9.58 Å². The van der Waals surface area contributed by atoms with E-state index in [1.165, 1.54) is 11.8 Å². The Kier molecular flexibility index (Phi) is 5.69. The second kappa shape index (κ2) is 8.63. The van der Waals surface area contributed by atoms with E-state index in [2.05, 4.69) is 20.3 Å². The summed E-state index contributed by atoms with van der Waals surface area (Å²) in [5, 5.41) is 9.60. The Balaban J connectivity index is 1.53. The first-order valence-corrected chi connectivity index (χ1v) is 11.5. The Morgan fingerprint density at radius 1 is 1.03 bits per heavy atom. The van der Waals surface area contributed by atoms with Crippen LogP contribution >= 0.6 is 23.4 Å². The molecule has 0 spiro atoms. The van der Waals surface area contributed by atoms with Crippen molar-refractivity contribution in [2.24, 2.45) is 0 Å². The van der Waals surface area contributed by atoms with Gasteiger partial charge < -0.3 is 4.90 Å². The lowest BCUT2D eigenvalue weighted by molar-refractivity contribution is 0.0257. The second-order valence-electron chi connectivity index (χ2n) is 7.64. The first-order valence-electron chi connectivity index (χ1n) is 10.1. The molecule has 32 heavy (non-hydrogen) atoms. The van der Waals surface area contributed by atoms with E-state index < -0.39 is 5.92 Å². The lowest BCUT2D eigenvalue weighted by atomic mass is 10.2. The summed E-state index contributed by atoms with van der Waals surface area (Å²) in [5.74, 6) is -1.69. The predicted octanol–water partition coefficient (Wildman–Crippen LogP) is 5.06. The van der Waals surface area contributed by atoms with E-state index in [-0.39, 0.29) is 19.5 Å². The van der Waals surface area contributed by atoms with Crippen LogP contribution in [0.5, 0.6) is 0 Å². The molecule has 164 valence electrons. The minimum Gasteiger partial charge on any atom is -0.348 e. The fourth-order valence-electron chi connectivity index (χ4n) is 3.64. The van der Waals surface area contributed by atoms with Crippen LogP contribution in [-0.4, -0.2) is 44.0 Å². The van der Waals surface area contributed by atoms with Gasteiger partial charge in [-0.05, 0) is 17.2 Å². The van der Waals surface area contributed by atoms with Crippen LogP contribution in [0, 0.1) is 0 Å². The molecule has 4 aromatic rings. The van der Waals surface area contributed by atoms with Crippen molar-refractivity contribution in [1.82, 2.24) is 25.0 Å². The number of hydrogen-bond donors (Lipinski definition) is 0. The molecule has 1 aliphatic rings. The first-order chi connectivity index (χ1) is 15.5. The highest BCUT2D eigenvalue weighted by molar-refractivity contribution is 7.98. The van der Waals surface area contributed by atoms with Crippen LogP contribution in [0.3, 0.4) is 0 Å². The normalized spacial score (nSPS) is 15.5. The number of hydrogen-bond acceptors (Lipinski definition) is 6. The minimum atomic E-state index is -2.75. The van der Waals surface area contributed by atoms with E-state index in [4.69, 9.17) is 11.6 Å². The fourth-order valence-corrected chi connectivity index (χ4v) is 4.63. The topological polar surface area (TPSA) is 59.7 Å². The van der Waals surface area contributed by atoms with Gasteiger partial charge in [0.05, 0.1) is 13.1 Å². The molecular weight excluding hydrogens is 454 g/mol. The standard InChI is InChI=1S/C22H19ClF2N6S/c23-17-9-5-4-8-16(17)12-31-20-18(28-29-31)19(30-11-10-22(24,25)14-30)26-21(27-20)32-13-15-6-2-1-3-7-15/h1-9H,10-14H2. The van der Waals surface area contributed by atoms with Crippen molar-refractivity contribution in [1.29, 1.82) is 0 Å². The molecule has 0 N–H and O–H groups in total. The Hall–Kier alpha value is -2.78. The summed E-state index contributed by atoms with van der Waals surface area (Å²) in [4.78, 5) is 10.9. The maximum Gasteiger partial charge on any atom is 0.266 e. The molecule has 1 aliphatic heterocycles. The van der Waals surface area contributed by atoms with Crippen molar-refractivity contribution in [3.8, 4) is 0 Å². The van der Waals surface area contributed by atoms with E-state index >= 15 is 0 Å². The Morgan fingerprint density at radius 2 is 1.81 bits per heavy atom. The predicted molar refractivity (Wildman–Crippen MR) is 121 cm³/mol. The zero-order chi connectivity index (χ0) is 22.1. The highest BCUT2D eigenvalue weighted by Crippen LogP contribution is 2.34. The van der Waals surface area contributed by atoms with Gasteiger partial charge in [-0.2, -0.15) is 0 Å². The molecule has 3 heterocycles. The highest BCUT2D eigenvalue weighted by atomic mass is 35.5. The SMILES string of the molecule is FC1(F)CCN(c2nc(SCc3ccccc3)nc3c2nnn3Cc2ccccc2Cl)C1. The number of alkyl halides is 2. The highest BCUT2D eigenvalue weighted by Gasteiger charge is 2.40.